The van der Waals surface area contributed by atoms with Gasteiger partial charge in [0.1, 0.15) is 0 Å². The monoisotopic (exact) mass is 252 g/mol. The molecule has 96 valence electrons. The molecule has 1 aliphatic rings. The van der Waals surface area contributed by atoms with E-state index in [2.05, 4.69) is 0 Å². The van der Waals surface area contributed by atoms with Crippen molar-refractivity contribution in [3.8, 4) is 0 Å². The minimum atomic E-state index is -3.41. The highest BCUT2D eigenvalue weighted by molar-refractivity contribution is 7.86. The van der Waals surface area contributed by atoms with Crippen molar-refractivity contribution in [2.24, 2.45) is 0 Å². The van der Waals surface area contributed by atoms with Crippen molar-refractivity contribution in [2.75, 3.05) is 19.5 Å². The maximum atomic E-state index is 11.1. The predicted octanol–water partition coefficient (Wildman–Crippen LogP) is 1.28. The van der Waals surface area contributed by atoms with Crippen LogP contribution in [0, 0.1) is 0 Å². The lowest BCUT2D eigenvalue weighted by molar-refractivity contribution is -0.152. The Bertz CT molecular complexity index is 301. The number of ether oxygens (including phenoxy) is 2. The van der Waals surface area contributed by atoms with Crippen LogP contribution in [-0.4, -0.2) is 39.8 Å². The Morgan fingerprint density at radius 2 is 1.69 bits per heavy atom. The number of hydrogen-bond donors (Lipinski definition) is 0. The van der Waals surface area contributed by atoms with Gasteiger partial charge in [0.2, 0.25) is 0 Å². The van der Waals surface area contributed by atoms with Crippen LogP contribution in [0.15, 0.2) is 0 Å². The van der Waals surface area contributed by atoms with Crippen molar-refractivity contribution in [3.63, 3.8) is 0 Å². The summed E-state index contributed by atoms with van der Waals surface area (Å²) < 4.78 is 38.0. The van der Waals surface area contributed by atoms with Gasteiger partial charge in [-0.05, 0) is 26.7 Å². The molecule has 16 heavy (non-hydrogen) atoms. The molecular weight excluding hydrogens is 232 g/mol. The second-order valence-corrected chi connectivity index (χ2v) is 5.59. The molecule has 0 radical (unpaired) electrons. The van der Waals surface area contributed by atoms with E-state index in [1.165, 1.54) is 0 Å². The highest BCUT2D eigenvalue weighted by Gasteiger charge is 2.49. The van der Waals surface area contributed by atoms with E-state index in [-0.39, 0.29) is 6.29 Å². The van der Waals surface area contributed by atoms with Crippen molar-refractivity contribution in [3.05, 3.63) is 0 Å². The zero-order valence-corrected chi connectivity index (χ0v) is 10.9. The summed E-state index contributed by atoms with van der Waals surface area (Å²) in [6.07, 6.45) is 2.66. The van der Waals surface area contributed by atoms with Gasteiger partial charge in [-0.15, -0.1) is 0 Å². The minimum absolute atomic E-state index is 0.376. The van der Waals surface area contributed by atoms with Gasteiger partial charge >= 0.3 is 0 Å². The molecule has 0 N–H and O–H groups in total. The summed E-state index contributed by atoms with van der Waals surface area (Å²) in [6, 6.07) is 0. The molecular formula is C10H20O5S. The third-order valence-corrected chi connectivity index (χ3v) is 3.04. The maximum Gasteiger partial charge on any atom is 0.264 e. The highest BCUT2D eigenvalue weighted by atomic mass is 32.2. The summed E-state index contributed by atoms with van der Waals surface area (Å²) in [5.74, 6) is 0. The van der Waals surface area contributed by atoms with Crippen LogP contribution in [0.2, 0.25) is 0 Å². The fraction of sp³-hybridized carbons (Fsp3) is 1.00. The lowest BCUT2D eigenvalue weighted by atomic mass is 10.2. The third-order valence-electron chi connectivity index (χ3n) is 2.38. The summed E-state index contributed by atoms with van der Waals surface area (Å²) in [7, 11) is -3.41. The van der Waals surface area contributed by atoms with Gasteiger partial charge < -0.3 is 9.47 Å². The average Bonchev–Trinajstić information content (AvgIpc) is 2.82. The van der Waals surface area contributed by atoms with Crippen molar-refractivity contribution >= 4 is 10.1 Å². The van der Waals surface area contributed by atoms with Crippen molar-refractivity contribution < 1.29 is 22.1 Å². The van der Waals surface area contributed by atoms with E-state index < -0.39 is 15.7 Å². The summed E-state index contributed by atoms with van der Waals surface area (Å²) in [6.45, 7) is 4.84. The van der Waals surface area contributed by atoms with Crippen LogP contribution < -0.4 is 0 Å². The number of rotatable bonds is 8. The molecule has 5 nitrogen and oxygen atoms in total. The summed E-state index contributed by atoms with van der Waals surface area (Å²) in [5, 5.41) is 0. The first-order valence-electron chi connectivity index (χ1n) is 5.54. The van der Waals surface area contributed by atoms with Gasteiger partial charge in [-0.1, -0.05) is 0 Å². The van der Waals surface area contributed by atoms with E-state index >= 15 is 0 Å². The Hall–Kier alpha value is -0.170. The van der Waals surface area contributed by atoms with Gasteiger partial charge in [0.15, 0.2) is 6.29 Å². The van der Waals surface area contributed by atoms with E-state index in [4.69, 9.17) is 13.7 Å². The van der Waals surface area contributed by atoms with Gasteiger partial charge in [-0.2, -0.15) is 8.42 Å². The van der Waals surface area contributed by atoms with Gasteiger partial charge in [0, 0.05) is 19.6 Å². The molecule has 0 bridgehead atoms. The molecule has 0 aromatic rings. The molecule has 0 saturated heterocycles. The lowest BCUT2D eigenvalue weighted by Gasteiger charge is -2.22. The normalized spacial score (nSPS) is 19.0. The third kappa shape index (κ3) is 4.78. The maximum absolute atomic E-state index is 11.1. The summed E-state index contributed by atoms with van der Waals surface area (Å²) in [4.78, 5) is 0. The second kappa shape index (κ2) is 5.44. The first kappa shape index (κ1) is 13.9. The molecule has 1 aliphatic carbocycles. The average molecular weight is 252 g/mol. The van der Waals surface area contributed by atoms with E-state index in [0.717, 1.165) is 19.1 Å². The molecule has 0 spiro atoms. The molecule has 1 fully saturated rings. The van der Waals surface area contributed by atoms with Crippen LogP contribution in [0.1, 0.15) is 33.1 Å². The lowest BCUT2D eigenvalue weighted by Crippen LogP contribution is -2.28. The van der Waals surface area contributed by atoms with E-state index in [9.17, 15) is 8.42 Å². The highest BCUT2D eigenvalue weighted by Crippen LogP contribution is 2.45. The standard InChI is InChI=1S/C10H20O5S/c1-4-13-9(14-5-2)8-10(6-7-10)15-16(3,11)12/h9H,4-8H2,1-3H3. The second-order valence-electron chi connectivity index (χ2n) is 4.01. The Balaban J connectivity index is 2.50. The molecule has 0 unspecified atom stereocenters. The number of hydrogen-bond acceptors (Lipinski definition) is 5. The fourth-order valence-electron chi connectivity index (χ4n) is 1.62. The van der Waals surface area contributed by atoms with E-state index in [0.29, 0.717) is 19.6 Å². The summed E-state index contributed by atoms with van der Waals surface area (Å²) in [5.41, 5.74) is -0.581. The SMILES string of the molecule is CCOC(CC1(OS(C)(=O)=O)CC1)OCC. The first-order chi connectivity index (χ1) is 7.41. The Kier molecular flexibility index (Phi) is 4.73. The quantitative estimate of drug-likeness (QED) is 0.481. The largest absolute Gasteiger partial charge is 0.353 e. The van der Waals surface area contributed by atoms with Crippen LogP contribution >= 0.6 is 0 Å². The van der Waals surface area contributed by atoms with E-state index in [1.54, 1.807) is 0 Å². The smallest absolute Gasteiger partial charge is 0.264 e. The zero-order chi connectivity index (χ0) is 12.2. The van der Waals surface area contributed by atoms with Crippen molar-refractivity contribution in [2.45, 2.75) is 45.0 Å². The van der Waals surface area contributed by atoms with Gasteiger partial charge in [0.05, 0.1) is 11.9 Å². The van der Waals surface area contributed by atoms with Crippen LogP contribution in [0.25, 0.3) is 0 Å². The molecule has 0 aromatic heterocycles. The van der Waals surface area contributed by atoms with Gasteiger partial charge in [0.25, 0.3) is 10.1 Å². The van der Waals surface area contributed by atoms with Crippen LogP contribution in [0.4, 0.5) is 0 Å². The molecule has 0 amide bonds. The fourth-order valence-corrected chi connectivity index (χ4v) is 2.50. The van der Waals surface area contributed by atoms with Gasteiger partial charge in [-0.3, -0.25) is 4.18 Å². The molecule has 0 aromatic carbocycles. The molecule has 0 atom stereocenters. The van der Waals surface area contributed by atoms with E-state index in [1.807, 2.05) is 13.8 Å². The Morgan fingerprint density at radius 1 is 1.19 bits per heavy atom. The van der Waals surface area contributed by atoms with Crippen molar-refractivity contribution in [1.29, 1.82) is 0 Å². The first-order valence-corrected chi connectivity index (χ1v) is 7.36. The van der Waals surface area contributed by atoms with Crippen molar-refractivity contribution in [1.82, 2.24) is 0 Å². The molecule has 0 heterocycles. The van der Waals surface area contributed by atoms with Crippen LogP contribution in [-0.2, 0) is 23.8 Å². The Labute approximate surface area is 97.2 Å². The topological polar surface area (TPSA) is 61.8 Å². The Morgan fingerprint density at radius 3 is 2.00 bits per heavy atom. The zero-order valence-electron chi connectivity index (χ0n) is 10.1. The van der Waals surface area contributed by atoms with Gasteiger partial charge in [-0.25, -0.2) is 0 Å². The molecule has 1 saturated carbocycles. The summed E-state index contributed by atoms with van der Waals surface area (Å²) >= 11 is 0. The predicted molar refractivity (Wildman–Crippen MR) is 59.6 cm³/mol. The molecule has 6 heteroatoms. The van der Waals surface area contributed by atoms with Crippen LogP contribution in [0.5, 0.6) is 0 Å². The minimum Gasteiger partial charge on any atom is -0.353 e. The van der Waals surface area contributed by atoms with Crippen LogP contribution in [0.3, 0.4) is 0 Å². The molecule has 0 aliphatic heterocycles. The molecule has 1 rings (SSSR count).